The summed E-state index contributed by atoms with van der Waals surface area (Å²) >= 11 is 0. The zero-order chi connectivity index (χ0) is 5.70. The summed E-state index contributed by atoms with van der Waals surface area (Å²) in [7, 11) is 0. The molecule has 0 fully saturated rings. The van der Waals surface area contributed by atoms with E-state index < -0.39 is 0 Å². The molecular formula is C6H10O. The van der Waals surface area contributed by atoms with Crippen LogP contribution in [-0.2, 0) is 4.74 Å². The fraction of sp³-hybridized carbons (Fsp3) is 0.333. The zero-order valence-electron chi connectivity index (χ0n) is 4.61. The summed E-state index contributed by atoms with van der Waals surface area (Å²) in [5.74, 6) is 0.759. The highest BCUT2D eigenvalue weighted by molar-refractivity contribution is 4.81. The van der Waals surface area contributed by atoms with Crippen LogP contribution in [0.1, 0.15) is 13.3 Å². The average molecular weight is 98.1 g/mol. The fourth-order valence-electron chi connectivity index (χ4n) is 0.201. The van der Waals surface area contributed by atoms with Gasteiger partial charge in [-0.2, -0.15) is 0 Å². The second-order valence-corrected chi connectivity index (χ2v) is 1.18. The van der Waals surface area contributed by atoms with E-state index >= 15 is 0 Å². The molecule has 40 valence electrons. The van der Waals surface area contributed by atoms with Crippen molar-refractivity contribution >= 4 is 0 Å². The SMILES string of the molecule is C=COC(=C)CC. The molecule has 1 nitrogen and oxygen atoms in total. The van der Waals surface area contributed by atoms with Crippen molar-refractivity contribution in [1.29, 1.82) is 0 Å². The molecule has 0 aliphatic carbocycles. The van der Waals surface area contributed by atoms with Gasteiger partial charge in [-0.3, -0.25) is 0 Å². The van der Waals surface area contributed by atoms with Gasteiger partial charge in [0.2, 0.25) is 0 Å². The standard InChI is InChI=1S/C6H10O/c1-4-6(3)7-5-2/h5H,2-4H2,1H3. The lowest BCUT2D eigenvalue weighted by Gasteiger charge is -1.95. The van der Waals surface area contributed by atoms with Crippen LogP contribution < -0.4 is 0 Å². The molecule has 0 rings (SSSR count). The second kappa shape index (κ2) is 3.47. The lowest BCUT2D eigenvalue weighted by molar-refractivity contribution is 0.342. The minimum absolute atomic E-state index is 0.759. The van der Waals surface area contributed by atoms with Crippen molar-refractivity contribution in [2.75, 3.05) is 0 Å². The number of ether oxygens (including phenoxy) is 1. The maximum Gasteiger partial charge on any atom is 0.0957 e. The van der Waals surface area contributed by atoms with Gasteiger partial charge in [-0.15, -0.1) is 0 Å². The summed E-state index contributed by atoms with van der Waals surface area (Å²) in [6.45, 7) is 8.91. The van der Waals surface area contributed by atoms with Gasteiger partial charge < -0.3 is 4.74 Å². The van der Waals surface area contributed by atoms with Crippen LogP contribution in [0.3, 0.4) is 0 Å². The molecule has 0 atom stereocenters. The van der Waals surface area contributed by atoms with Gasteiger partial charge in [0, 0.05) is 6.42 Å². The predicted molar refractivity (Wildman–Crippen MR) is 30.7 cm³/mol. The van der Waals surface area contributed by atoms with Gasteiger partial charge in [0.1, 0.15) is 0 Å². The maximum atomic E-state index is 4.76. The second-order valence-electron chi connectivity index (χ2n) is 1.18. The Kier molecular flexibility index (Phi) is 3.11. The van der Waals surface area contributed by atoms with E-state index in [0.29, 0.717) is 0 Å². The summed E-state index contributed by atoms with van der Waals surface area (Å²) < 4.78 is 4.76. The highest BCUT2D eigenvalue weighted by atomic mass is 16.5. The van der Waals surface area contributed by atoms with Crippen LogP contribution in [0.4, 0.5) is 0 Å². The zero-order valence-corrected chi connectivity index (χ0v) is 4.61. The van der Waals surface area contributed by atoms with Crippen molar-refractivity contribution < 1.29 is 4.74 Å². The van der Waals surface area contributed by atoms with Crippen LogP contribution in [0.15, 0.2) is 25.2 Å². The minimum atomic E-state index is 0.759. The molecule has 0 radical (unpaired) electrons. The molecule has 0 spiro atoms. The number of allylic oxidation sites excluding steroid dienone is 1. The summed E-state index contributed by atoms with van der Waals surface area (Å²) in [5.41, 5.74) is 0. The number of rotatable bonds is 3. The van der Waals surface area contributed by atoms with E-state index in [1.54, 1.807) is 0 Å². The third kappa shape index (κ3) is 3.10. The lowest BCUT2D eigenvalue weighted by Crippen LogP contribution is -1.76. The Morgan fingerprint density at radius 3 is 2.57 bits per heavy atom. The van der Waals surface area contributed by atoms with Crippen LogP contribution in [0.5, 0.6) is 0 Å². The van der Waals surface area contributed by atoms with Crippen molar-refractivity contribution in [3.63, 3.8) is 0 Å². The highest BCUT2D eigenvalue weighted by Gasteiger charge is 1.80. The van der Waals surface area contributed by atoms with Gasteiger partial charge in [0.15, 0.2) is 0 Å². The first-order chi connectivity index (χ1) is 3.31. The molecule has 1 heteroatoms. The minimum Gasteiger partial charge on any atom is -0.471 e. The maximum absolute atomic E-state index is 4.76. The Hall–Kier alpha value is -0.720. The van der Waals surface area contributed by atoms with Gasteiger partial charge in [-0.1, -0.05) is 20.1 Å². The van der Waals surface area contributed by atoms with E-state index in [4.69, 9.17) is 4.74 Å². The van der Waals surface area contributed by atoms with Crippen LogP contribution in [0, 0.1) is 0 Å². The van der Waals surface area contributed by atoms with Crippen LogP contribution in [-0.4, -0.2) is 0 Å². The van der Waals surface area contributed by atoms with E-state index in [0.717, 1.165) is 12.2 Å². The van der Waals surface area contributed by atoms with Crippen molar-refractivity contribution in [3.8, 4) is 0 Å². The molecule has 0 unspecified atom stereocenters. The monoisotopic (exact) mass is 98.1 g/mol. The quantitative estimate of drug-likeness (QED) is 0.491. The van der Waals surface area contributed by atoms with E-state index in [-0.39, 0.29) is 0 Å². The van der Waals surface area contributed by atoms with Crippen LogP contribution in [0.25, 0.3) is 0 Å². The molecule has 0 aromatic carbocycles. The molecule has 0 saturated carbocycles. The third-order valence-corrected chi connectivity index (χ3v) is 0.644. The molecule has 0 heterocycles. The van der Waals surface area contributed by atoms with Crippen molar-refractivity contribution in [2.45, 2.75) is 13.3 Å². The number of hydrogen-bond acceptors (Lipinski definition) is 1. The molecule has 0 amide bonds. The van der Waals surface area contributed by atoms with E-state index in [2.05, 4.69) is 13.2 Å². The largest absolute Gasteiger partial charge is 0.471 e. The molecule has 0 aliphatic heterocycles. The van der Waals surface area contributed by atoms with Crippen LogP contribution in [0.2, 0.25) is 0 Å². The fourth-order valence-corrected chi connectivity index (χ4v) is 0.201. The molecule has 0 saturated heterocycles. The average Bonchev–Trinajstić information content (AvgIpc) is 1.68. The predicted octanol–water partition coefficient (Wildman–Crippen LogP) is 2.07. The van der Waals surface area contributed by atoms with E-state index in [9.17, 15) is 0 Å². The Morgan fingerprint density at radius 1 is 1.86 bits per heavy atom. The van der Waals surface area contributed by atoms with Crippen molar-refractivity contribution in [3.05, 3.63) is 25.2 Å². The van der Waals surface area contributed by atoms with Crippen molar-refractivity contribution in [1.82, 2.24) is 0 Å². The first kappa shape index (κ1) is 6.28. The normalized spacial score (nSPS) is 7.57. The Balaban J connectivity index is 3.17. The molecular weight excluding hydrogens is 88.1 g/mol. The van der Waals surface area contributed by atoms with E-state index in [1.165, 1.54) is 6.26 Å². The molecule has 0 aromatic rings. The lowest BCUT2D eigenvalue weighted by atomic mass is 10.4. The molecule has 0 N–H and O–H groups in total. The Bertz CT molecular complexity index is 74.2. The number of hydrogen-bond donors (Lipinski definition) is 0. The summed E-state index contributed by atoms with van der Waals surface area (Å²) in [6.07, 6.45) is 2.23. The Morgan fingerprint density at radius 2 is 2.43 bits per heavy atom. The van der Waals surface area contributed by atoms with Gasteiger partial charge >= 0.3 is 0 Å². The van der Waals surface area contributed by atoms with Gasteiger partial charge in [0.05, 0.1) is 12.0 Å². The van der Waals surface area contributed by atoms with E-state index in [1.807, 2.05) is 6.92 Å². The molecule has 0 aromatic heterocycles. The summed E-state index contributed by atoms with van der Waals surface area (Å²) in [4.78, 5) is 0. The van der Waals surface area contributed by atoms with Gasteiger partial charge in [0.25, 0.3) is 0 Å². The topological polar surface area (TPSA) is 9.23 Å². The first-order valence-electron chi connectivity index (χ1n) is 2.26. The first-order valence-corrected chi connectivity index (χ1v) is 2.26. The molecule has 7 heavy (non-hydrogen) atoms. The summed E-state index contributed by atoms with van der Waals surface area (Å²) in [6, 6.07) is 0. The molecule has 0 aliphatic rings. The summed E-state index contributed by atoms with van der Waals surface area (Å²) in [5, 5.41) is 0. The smallest absolute Gasteiger partial charge is 0.0957 e. The highest BCUT2D eigenvalue weighted by Crippen LogP contribution is 1.96. The van der Waals surface area contributed by atoms with Gasteiger partial charge in [-0.25, -0.2) is 0 Å². The van der Waals surface area contributed by atoms with Gasteiger partial charge in [-0.05, 0) is 0 Å². The van der Waals surface area contributed by atoms with Crippen LogP contribution >= 0.6 is 0 Å². The third-order valence-electron chi connectivity index (χ3n) is 0.644. The Labute approximate surface area is 44.3 Å². The van der Waals surface area contributed by atoms with Crippen molar-refractivity contribution in [2.24, 2.45) is 0 Å². The molecule has 0 bridgehead atoms.